The average molecular weight is 543 g/mol. The summed E-state index contributed by atoms with van der Waals surface area (Å²) in [4.78, 5) is 17.8. The summed E-state index contributed by atoms with van der Waals surface area (Å²) < 4.78 is 12.0. The number of hydrogen-bond acceptors (Lipinski definition) is 5. The predicted molar refractivity (Wildman–Crippen MR) is 162 cm³/mol. The quantitative estimate of drug-likeness (QED) is 0.167. The van der Waals surface area contributed by atoms with Crippen LogP contribution in [-0.2, 0) is 17.9 Å². The number of aromatic nitrogens is 1. The normalized spacial score (nSPS) is 11.1. The Morgan fingerprint density at radius 2 is 1.46 bits per heavy atom. The summed E-state index contributed by atoms with van der Waals surface area (Å²) in [7, 11) is 0. The van der Waals surface area contributed by atoms with Gasteiger partial charge in [-0.05, 0) is 64.7 Å². The molecule has 6 heteroatoms. The number of carboxylic acids is 1. The Kier molecular flexibility index (Phi) is 7.63. The van der Waals surface area contributed by atoms with E-state index in [0.717, 1.165) is 52.0 Å². The third kappa shape index (κ3) is 6.39. The van der Waals surface area contributed by atoms with Crippen molar-refractivity contribution in [2.24, 2.45) is 0 Å². The zero-order valence-corrected chi connectivity index (χ0v) is 22.6. The smallest absolute Gasteiger partial charge is 0.303 e. The van der Waals surface area contributed by atoms with Crippen LogP contribution in [0.15, 0.2) is 120 Å². The fourth-order valence-corrected chi connectivity index (χ4v) is 4.94. The van der Waals surface area contributed by atoms with Gasteiger partial charge >= 0.3 is 5.97 Å². The highest BCUT2D eigenvalue weighted by molar-refractivity contribution is 5.88. The fourth-order valence-electron chi connectivity index (χ4n) is 4.94. The third-order valence-corrected chi connectivity index (χ3v) is 7.03. The highest BCUT2D eigenvalue weighted by Crippen LogP contribution is 2.31. The number of aliphatic carboxylic acids is 1. The van der Waals surface area contributed by atoms with Crippen molar-refractivity contribution in [1.29, 1.82) is 0 Å². The Morgan fingerprint density at radius 1 is 0.780 bits per heavy atom. The van der Waals surface area contributed by atoms with Gasteiger partial charge in [-0.25, -0.2) is 4.98 Å². The molecule has 0 unspecified atom stereocenters. The predicted octanol–water partition coefficient (Wildman–Crippen LogP) is 8.10. The van der Waals surface area contributed by atoms with Crippen LogP contribution in [0.1, 0.15) is 24.0 Å². The van der Waals surface area contributed by atoms with E-state index in [-0.39, 0.29) is 6.42 Å². The monoisotopic (exact) mass is 542 g/mol. The highest BCUT2D eigenvalue weighted by atomic mass is 16.5. The van der Waals surface area contributed by atoms with E-state index in [2.05, 4.69) is 71.6 Å². The number of carboxylic acid groups (broad SMARTS) is 1. The zero-order valence-electron chi connectivity index (χ0n) is 22.6. The minimum Gasteiger partial charge on any atom is -0.494 e. The van der Waals surface area contributed by atoms with Crippen LogP contribution >= 0.6 is 0 Å². The van der Waals surface area contributed by atoms with Crippen LogP contribution in [0.25, 0.3) is 33.3 Å². The first-order chi connectivity index (χ1) is 20.1. The van der Waals surface area contributed by atoms with E-state index in [4.69, 9.17) is 19.2 Å². The van der Waals surface area contributed by atoms with E-state index in [1.54, 1.807) is 0 Å². The second-order valence-corrected chi connectivity index (χ2v) is 10.1. The number of nitrogens with zero attached hydrogens (tertiary/aromatic N) is 2. The molecular formula is C35H30N2O4. The minimum absolute atomic E-state index is 0.0982. The van der Waals surface area contributed by atoms with E-state index in [0.29, 0.717) is 18.9 Å². The van der Waals surface area contributed by atoms with Gasteiger partial charge in [0.2, 0.25) is 5.89 Å². The van der Waals surface area contributed by atoms with Crippen molar-refractivity contribution >= 4 is 33.5 Å². The molecule has 0 bridgehead atoms. The lowest BCUT2D eigenvalue weighted by molar-refractivity contribution is -0.137. The molecule has 0 aliphatic heterocycles. The number of anilines is 1. The number of hydrogen-bond donors (Lipinski definition) is 1. The van der Waals surface area contributed by atoms with Gasteiger partial charge in [0.05, 0.1) is 6.61 Å². The molecule has 6 aromatic rings. The second kappa shape index (κ2) is 12.0. The van der Waals surface area contributed by atoms with Crippen LogP contribution in [0.3, 0.4) is 0 Å². The van der Waals surface area contributed by atoms with Gasteiger partial charge in [-0.1, -0.05) is 72.8 Å². The van der Waals surface area contributed by atoms with Crippen LogP contribution in [0, 0.1) is 0 Å². The maximum atomic E-state index is 10.7. The van der Waals surface area contributed by atoms with Crippen LogP contribution in [0.2, 0.25) is 0 Å². The molecule has 5 aromatic carbocycles. The van der Waals surface area contributed by atoms with Crippen molar-refractivity contribution in [3.05, 3.63) is 126 Å². The number of carbonyl (C=O) groups is 1. The summed E-state index contributed by atoms with van der Waals surface area (Å²) in [5, 5.41) is 10.9. The van der Waals surface area contributed by atoms with Crippen molar-refractivity contribution in [1.82, 2.24) is 4.98 Å². The molecule has 0 spiro atoms. The number of rotatable bonds is 11. The topological polar surface area (TPSA) is 75.8 Å². The van der Waals surface area contributed by atoms with Crippen LogP contribution in [-0.4, -0.2) is 22.7 Å². The second-order valence-electron chi connectivity index (χ2n) is 10.1. The summed E-state index contributed by atoms with van der Waals surface area (Å²) in [6.45, 7) is 1.92. The van der Waals surface area contributed by atoms with E-state index in [1.165, 1.54) is 11.1 Å². The molecule has 0 saturated heterocycles. The average Bonchev–Trinajstić information content (AvgIpc) is 3.43. The maximum absolute atomic E-state index is 10.7. The number of fused-ring (bicyclic) bond motifs is 2. The van der Waals surface area contributed by atoms with Gasteiger partial charge in [0.1, 0.15) is 11.3 Å². The maximum Gasteiger partial charge on any atom is 0.303 e. The Labute approximate surface area is 238 Å². The van der Waals surface area contributed by atoms with Crippen LogP contribution in [0.5, 0.6) is 5.75 Å². The zero-order chi connectivity index (χ0) is 28.0. The molecular weight excluding hydrogens is 512 g/mol. The van der Waals surface area contributed by atoms with Gasteiger partial charge in [0, 0.05) is 36.8 Å². The van der Waals surface area contributed by atoms with Gasteiger partial charge in [-0.2, -0.15) is 0 Å². The lowest BCUT2D eigenvalue weighted by Gasteiger charge is -2.25. The molecule has 1 aromatic heterocycles. The van der Waals surface area contributed by atoms with E-state index < -0.39 is 5.97 Å². The molecule has 1 heterocycles. The van der Waals surface area contributed by atoms with Gasteiger partial charge in [0.25, 0.3) is 0 Å². The van der Waals surface area contributed by atoms with Crippen LogP contribution in [0.4, 0.5) is 5.69 Å². The standard InChI is InChI=1S/C35H30N2O4/c38-34(39)12-7-19-40-31-17-15-27-20-29(14-13-28(27)21-31)35-36-32-18-16-30(22-33(32)41-35)37(23-25-8-3-1-4-9-25)24-26-10-5-2-6-11-26/h1-6,8-11,13-18,20-22H,7,12,19,23-24H2,(H,38,39). The first-order valence-corrected chi connectivity index (χ1v) is 13.7. The lowest BCUT2D eigenvalue weighted by atomic mass is 10.1. The summed E-state index contributed by atoms with van der Waals surface area (Å²) in [5.41, 5.74) is 6.01. The number of benzene rings is 5. The van der Waals surface area contributed by atoms with Gasteiger partial charge in [-0.15, -0.1) is 0 Å². The molecule has 204 valence electrons. The number of oxazole rings is 1. The Hall–Kier alpha value is -5.10. The summed E-state index contributed by atoms with van der Waals surface area (Å²) in [6.07, 6.45) is 0.572. The summed E-state index contributed by atoms with van der Waals surface area (Å²) in [6, 6.07) is 39.1. The van der Waals surface area contributed by atoms with Crippen molar-refractivity contribution in [2.45, 2.75) is 25.9 Å². The Morgan fingerprint density at radius 3 is 2.17 bits per heavy atom. The summed E-state index contributed by atoms with van der Waals surface area (Å²) >= 11 is 0. The molecule has 0 atom stereocenters. The molecule has 0 aliphatic rings. The lowest BCUT2D eigenvalue weighted by Crippen LogP contribution is -2.22. The SMILES string of the molecule is O=C(O)CCCOc1ccc2cc(-c3nc4ccc(N(Cc5ccccc5)Cc5ccccc5)cc4o3)ccc2c1. The third-order valence-electron chi connectivity index (χ3n) is 7.03. The molecule has 0 saturated carbocycles. The van der Waals surface area contributed by atoms with Gasteiger partial charge in [-0.3, -0.25) is 4.79 Å². The fraction of sp³-hybridized carbons (Fsp3) is 0.143. The minimum atomic E-state index is -0.813. The van der Waals surface area contributed by atoms with E-state index in [9.17, 15) is 4.79 Å². The van der Waals surface area contributed by atoms with Crippen molar-refractivity contribution < 1.29 is 19.1 Å². The molecule has 0 amide bonds. The molecule has 1 N–H and O–H groups in total. The van der Waals surface area contributed by atoms with Crippen molar-refractivity contribution in [2.75, 3.05) is 11.5 Å². The Balaban J connectivity index is 1.24. The molecule has 6 nitrogen and oxygen atoms in total. The van der Waals surface area contributed by atoms with Gasteiger partial charge < -0.3 is 19.2 Å². The highest BCUT2D eigenvalue weighted by Gasteiger charge is 2.14. The number of ether oxygens (including phenoxy) is 1. The molecule has 6 rings (SSSR count). The molecule has 41 heavy (non-hydrogen) atoms. The van der Waals surface area contributed by atoms with Crippen molar-refractivity contribution in [3.8, 4) is 17.2 Å². The molecule has 0 aliphatic carbocycles. The van der Waals surface area contributed by atoms with E-state index in [1.807, 2.05) is 48.5 Å². The Bertz CT molecular complexity index is 1740. The van der Waals surface area contributed by atoms with E-state index >= 15 is 0 Å². The first kappa shape index (κ1) is 26.1. The van der Waals surface area contributed by atoms with Gasteiger partial charge in [0.15, 0.2) is 5.58 Å². The first-order valence-electron chi connectivity index (χ1n) is 13.7. The van der Waals surface area contributed by atoms with Crippen LogP contribution < -0.4 is 9.64 Å². The largest absolute Gasteiger partial charge is 0.494 e. The van der Waals surface area contributed by atoms with Crippen molar-refractivity contribution in [3.63, 3.8) is 0 Å². The summed E-state index contributed by atoms with van der Waals surface area (Å²) in [5.74, 6) is 0.484. The molecule has 0 fully saturated rings. The molecule has 0 radical (unpaired) electrons.